The van der Waals surface area contributed by atoms with Gasteiger partial charge in [-0.05, 0) is 6.54 Å². The molecule has 0 saturated heterocycles. The molecule has 0 amide bonds. The summed E-state index contributed by atoms with van der Waals surface area (Å²) in [6.45, 7) is 2.34. The second-order valence-electron chi connectivity index (χ2n) is 1.43. The molecule has 2 nitrogen and oxygen atoms in total. The van der Waals surface area contributed by atoms with Crippen molar-refractivity contribution in [3.05, 3.63) is 0 Å². The van der Waals surface area contributed by atoms with E-state index < -0.39 is 0 Å². The van der Waals surface area contributed by atoms with Gasteiger partial charge in [-0.1, -0.05) is 6.92 Å². The van der Waals surface area contributed by atoms with Gasteiger partial charge in [-0.15, -0.1) is 0 Å². The van der Waals surface area contributed by atoms with Crippen LogP contribution >= 0.6 is 0 Å². The summed E-state index contributed by atoms with van der Waals surface area (Å²) in [6, 6.07) is 0. The van der Waals surface area contributed by atoms with Gasteiger partial charge >= 0.3 is 0 Å². The van der Waals surface area contributed by atoms with Gasteiger partial charge in [-0.2, -0.15) is 0 Å². The monoisotopic (exact) mass is 101 g/mol. The van der Waals surface area contributed by atoms with Gasteiger partial charge in [-0.25, -0.2) is 0 Å². The Kier molecular flexibility index (Phi) is 3.61. The van der Waals surface area contributed by atoms with Crippen molar-refractivity contribution < 1.29 is 4.79 Å². The van der Waals surface area contributed by atoms with E-state index in [1.165, 1.54) is 0 Å². The molecule has 0 unspecified atom stereocenters. The van der Waals surface area contributed by atoms with Gasteiger partial charge in [0.05, 0.1) is 0 Å². The Labute approximate surface area is 43.7 Å². The van der Waals surface area contributed by atoms with E-state index in [1.807, 2.05) is 6.92 Å². The maximum absolute atomic E-state index is 10.3. The van der Waals surface area contributed by atoms with Crippen LogP contribution in [-0.2, 0) is 4.79 Å². The first kappa shape index (κ1) is 6.63. The number of hydrogen-bond acceptors (Lipinski definition) is 2. The number of Topliss-reactive ketones (excluding diaryl/α,β-unsaturated/α-hetero) is 1. The Bertz CT molecular complexity index is 61.1. The first-order valence-electron chi connectivity index (χ1n) is 2.53. The maximum atomic E-state index is 10.3. The second-order valence-corrected chi connectivity index (χ2v) is 1.43. The Morgan fingerprint density at radius 2 is 2.29 bits per heavy atom. The van der Waals surface area contributed by atoms with Crippen LogP contribution < -0.4 is 5.73 Å². The average molecular weight is 101 g/mol. The van der Waals surface area contributed by atoms with Gasteiger partial charge in [0, 0.05) is 12.8 Å². The van der Waals surface area contributed by atoms with Crippen molar-refractivity contribution in [2.45, 2.75) is 19.8 Å². The molecular formula is C5H11NO. The van der Waals surface area contributed by atoms with Crippen molar-refractivity contribution in [3.8, 4) is 0 Å². The minimum atomic E-state index is 0.252. The summed E-state index contributed by atoms with van der Waals surface area (Å²) in [6.07, 6.45) is 1.16. The molecule has 0 bridgehead atoms. The molecule has 2 heteroatoms. The normalized spacial score (nSPS) is 8.86. The van der Waals surface area contributed by atoms with Crippen LogP contribution in [0.2, 0.25) is 0 Å². The lowest BCUT2D eigenvalue weighted by atomic mass is 10.2. The van der Waals surface area contributed by atoms with E-state index in [0.717, 1.165) is 0 Å². The van der Waals surface area contributed by atoms with Crippen molar-refractivity contribution in [3.63, 3.8) is 0 Å². The van der Waals surface area contributed by atoms with E-state index in [0.29, 0.717) is 19.4 Å². The van der Waals surface area contributed by atoms with Crippen LogP contribution in [0.25, 0.3) is 0 Å². The summed E-state index contributed by atoms with van der Waals surface area (Å²) in [4.78, 5) is 10.3. The summed E-state index contributed by atoms with van der Waals surface area (Å²) >= 11 is 0. The van der Waals surface area contributed by atoms with E-state index in [2.05, 4.69) is 0 Å². The Morgan fingerprint density at radius 3 is 2.43 bits per heavy atom. The Hall–Kier alpha value is -0.370. The van der Waals surface area contributed by atoms with E-state index in [9.17, 15) is 4.79 Å². The fraction of sp³-hybridized carbons (Fsp3) is 0.800. The first-order valence-corrected chi connectivity index (χ1v) is 2.53. The number of carbonyl (C=O) groups is 1. The quantitative estimate of drug-likeness (QED) is 0.556. The van der Waals surface area contributed by atoms with Crippen molar-refractivity contribution in [2.75, 3.05) is 6.54 Å². The standard InChI is InChI=1S/C5H11NO/c1-2-5(7)3-4-6/h2-4,6H2,1H3. The average Bonchev–Trinajstić information content (AvgIpc) is 1.68. The predicted octanol–water partition coefficient (Wildman–Crippen LogP) is 0.314. The highest BCUT2D eigenvalue weighted by Gasteiger charge is 1.91. The summed E-state index contributed by atoms with van der Waals surface area (Å²) in [5, 5.41) is 0. The summed E-state index contributed by atoms with van der Waals surface area (Å²) in [7, 11) is 0. The van der Waals surface area contributed by atoms with Crippen LogP contribution in [0.1, 0.15) is 19.8 Å². The molecule has 0 aliphatic carbocycles. The van der Waals surface area contributed by atoms with Crippen LogP contribution in [-0.4, -0.2) is 12.3 Å². The predicted molar refractivity (Wildman–Crippen MR) is 29.0 cm³/mol. The molecule has 0 fully saturated rings. The lowest BCUT2D eigenvalue weighted by Crippen LogP contribution is -2.05. The van der Waals surface area contributed by atoms with Crippen LogP contribution in [0.5, 0.6) is 0 Å². The Balaban J connectivity index is 3.00. The molecule has 0 radical (unpaired) electrons. The van der Waals surface area contributed by atoms with E-state index in [1.54, 1.807) is 0 Å². The van der Waals surface area contributed by atoms with Crippen molar-refractivity contribution in [2.24, 2.45) is 5.73 Å². The summed E-state index contributed by atoms with van der Waals surface area (Å²) in [5.41, 5.74) is 5.08. The molecule has 0 saturated carbocycles. The molecule has 0 aliphatic heterocycles. The molecule has 0 rings (SSSR count). The van der Waals surface area contributed by atoms with Gasteiger partial charge in [0.15, 0.2) is 0 Å². The number of ketones is 1. The first-order chi connectivity index (χ1) is 3.31. The third-order valence-corrected chi connectivity index (χ3v) is 0.818. The van der Waals surface area contributed by atoms with Crippen LogP contribution in [0.3, 0.4) is 0 Å². The molecule has 0 aromatic heterocycles. The smallest absolute Gasteiger partial charge is 0.133 e. The van der Waals surface area contributed by atoms with Gasteiger partial charge in [0.1, 0.15) is 5.78 Å². The minimum Gasteiger partial charge on any atom is -0.330 e. The van der Waals surface area contributed by atoms with Crippen LogP contribution in [0.15, 0.2) is 0 Å². The van der Waals surface area contributed by atoms with Gasteiger partial charge in [-0.3, -0.25) is 4.79 Å². The van der Waals surface area contributed by atoms with E-state index in [-0.39, 0.29) is 5.78 Å². The third-order valence-electron chi connectivity index (χ3n) is 0.818. The molecular weight excluding hydrogens is 90.1 g/mol. The maximum Gasteiger partial charge on any atom is 0.133 e. The van der Waals surface area contributed by atoms with Crippen LogP contribution in [0, 0.1) is 0 Å². The van der Waals surface area contributed by atoms with Gasteiger partial charge in [0.25, 0.3) is 0 Å². The van der Waals surface area contributed by atoms with Crippen molar-refractivity contribution >= 4 is 5.78 Å². The molecule has 0 heterocycles. The van der Waals surface area contributed by atoms with Crippen molar-refractivity contribution in [1.29, 1.82) is 0 Å². The molecule has 0 spiro atoms. The molecule has 0 atom stereocenters. The molecule has 42 valence electrons. The number of rotatable bonds is 3. The SMILES string of the molecule is CCC(=O)CCN. The Morgan fingerprint density at radius 1 is 1.71 bits per heavy atom. The number of nitrogens with two attached hydrogens (primary N) is 1. The summed E-state index contributed by atoms with van der Waals surface area (Å²) < 4.78 is 0. The molecule has 2 N–H and O–H groups in total. The highest BCUT2D eigenvalue weighted by Crippen LogP contribution is 1.83. The lowest BCUT2D eigenvalue weighted by Gasteiger charge is -1.87. The topological polar surface area (TPSA) is 43.1 Å². The highest BCUT2D eigenvalue weighted by atomic mass is 16.1. The zero-order valence-corrected chi connectivity index (χ0v) is 4.61. The number of hydrogen-bond donors (Lipinski definition) is 1. The van der Waals surface area contributed by atoms with E-state index in [4.69, 9.17) is 5.73 Å². The molecule has 0 aromatic carbocycles. The molecule has 0 aromatic rings. The van der Waals surface area contributed by atoms with E-state index >= 15 is 0 Å². The lowest BCUT2D eigenvalue weighted by molar-refractivity contribution is -0.118. The van der Waals surface area contributed by atoms with Crippen molar-refractivity contribution in [1.82, 2.24) is 0 Å². The summed E-state index contributed by atoms with van der Waals surface area (Å²) in [5.74, 6) is 0.252. The van der Waals surface area contributed by atoms with Gasteiger partial charge < -0.3 is 5.73 Å². The highest BCUT2D eigenvalue weighted by molar-refractivity contribution is 5.78. The van der Waals surface area contributed by atoms with Crippen LogP contribution in [0.4, 0.5) is 0 Å². The second kappa shape index (κ2) is 3.81. The zero-order valence-electron chi connectivity index (χ0n) is 4.61. The minimum absolute atomic E-state index is 0.252. The largest absolute Gasteiger partial charge is 0.330 e. The molecule has 7 heavy (non-hydrogen) atoms. The molecule has 0 aliphatic rings. The van der Waals surface area contributed by atoms with Gasteiger partial charge in [0.2, 0.25) is 0 Å². The third kappa shape index (κ3) is 3.46. The number of carbonyl (C=O) groups excluding carboxylic acids is 1. The zero-order chi connectivity index (χ0) is 5.70. The fourth-order valence-electron chi connectivity index (χ4n) is 0.338. The fourth-order valence-corrected chi connectivity index (χ4v) is 0.338.